The smallest absolute Gasteiger partial charge is 0.319 e. The summed E-state index contributed by atoms with van der Waals surface area (Å²) in [5.41, 5.74) is 0.275. The molecule has 1 aliphatic carbocycles. The number of Topliss-reactive ketones (excluding diaryl/α,β-unsaturated/α-hetero) is 1. The van der Waals surface area contributed by atoms with E-state index in [1.807, 2.05) is 30.3 Å². The van der Waals surface area contributed by atoms with Crippen molar-refractivity contribution >= 4 is 11.8 Å². The number of ketones is 1. The molecular formula is C16H20O3. The molecule has 0 N–H and O–H groups in total. The minimum Gasteiger partial charge on any atom is -0.465 e. The molecule has 0 heterocycles. The van der Waals surface area contributed by atoms with E-state index in [0.29, 0.717) is 25.9 Å². The van der Waals surface area contributed by atoms with Gasteiger partial charge in [0.25, 0.3) is 0 Å². The highest BCUT2D eigenvalue weighted by molar-refractivity contribution is 6.05. The molecule has 102 valence electrons. The minimum atomic E-state index is -0.883. The van der Waals surface area contributed by atoms with Crippen LogP contribution in [0.5, 0.6) is 0 Å². The predicted octanol–water partition coefficient (Wildman–Crippen LogP) is 2.92. The average Bonchev–Trinajstić information content (AvgIpc) is 2.80. The second-order valence-corrected chi connectivity index (χ2v) is 5.06. The second kappa shape index (κ2) is 6.00. The average molecular weight is 260 g/mol. The molecule has 0 aliphatic heterocycles. The molecule has 0 saturated heterocycles. The van der Waals surface area contributed by atoms with E-state index in [9.17, 15) is 9.59 Å². The highest BCUT2D eigenvalue weighted by atomic mass is 16.5. The van der Waals surface area contributed by atoms with Crippen molar-refractivity contribution in [2.45, 2.75) is 39.0 Å². The Hall–Kier alpha value is -1.64. The number of carbonyl (C=O) groups excluding carboxylic acids is 2. The standard InChI is InChI=1S/C16H20O3/c1-2-19-15(18)16(11-6-9-14(16)17)12-10-13-7-4-3-5-8-13/h3-5,7-8H,2,6,9-12H2,1H3. The lowest BCUT2D eigenvalue weighted by Gasteiger charge is -2.24. The first-order valence-electron chi connectivity index (χ1n) is 6.93. The Morgan fingerprint density at radius 1 is 1.32 bits per heavy atom. The summed E-state index contributed by atoms with van der Waals surface area (Å²) < 4.78 is 5.13. The van der Waals surface area contributed by atoms with E-state index < -0.39 is 5.41 Å². The summed E-state index contributed by atoms with van der Waals surface area (Å²) in [4.78, 5) is 24.3. The van der Waals surface area contributed by atoms with Crippen LogP contribution in [0.2, 0.25) is 0 Å². The van der Waals surface area contributed by atoms with Crippen LogP contribution in [0.1, 0.15) is 38.2 Å². The van der Waals surface area contributed by atoms with Crippen molar-refractivity contribution < 1.29 is 14.3 Å². The first-order chi connectivity index (χ1) is 9.19. The summed E-state index contributed by atoms with van der Waals surface area (Å²) in [6.45, 7) is 2.11. The quantitative estimate of drug-likeness (QED) is 0.604. The third-order valence-corrected chi connectivity index (χ3v) is 3.89. The Bertz CT molecular complexity index is 452. The van der Waals surface area contributed by atoms with Gasteiger partial charge in [-0.05, 0) is 38.2 Å². The lowest BCUT2D eigenvalue weighted by molar-refractivity contribution is -0.159. The van der Waals surface area contributed by atoms with Crippen LogP contribution >= 0.6 is 0 Å². The Labute approximate surface area is 114 Å². The van der Waals surface area contributed by atoms with Gasteiger partial charge in [-0.2, -0.15) is 0 Å². The molecule has 2 rings (SSSR count). The normalized spacial score (nSPS) is 22.5. The maximum absolute atomic E-state index is 12.2. The number of aryl methyl sites for hydroxylation is 1. The SMILES string of the molecule is CCOC(=O)C1(CCc2ccccc2)CCCC1=O. The van der Waals surface area contributed by atoms with Gasteiger partial charge in [-0.1, -0.05) is 30.3 Å². The Balaban J connectivity index is 2.11. The van der Waals surface area contributed by atoms with Crippen LogP contribution in [-0.4, -0.2) is 18.4 Å². The number of benzene rings is 1. The van der Waals surface area contributed by atoms with Gasteiger partial charge in [-0.3, -0.25) is 9.59 Å². The Morgan fingerprint density at radius 2 is 2.05 bits per heavy atom. The van der Waals surface area contributed by atoms with Crippen molar-refractivity contribution in [3.8, 4) is 0 Å². The van der Waals surface area contributed by atoms with Crippen molar-refractivity contribution in [2.75, 3.05) is 6.61 Å². The van der Waals surface area contributed by atoms with Crippen LogP contribution < -0.4 is 0 Å². The monoisotopic (exact) mass is 260 g/mol. The molecule has 1 fully saturated rings. The predicted molar refractivity (Wildman–Crippen MR) is 72.7 cm³/mol. The molecule has 19 heavy (non-hydrogen) atoms. The van der Waals surface area contributed by atoms with Crippen molar-refractivity contribution in [1.29, 1.82) is 0 Å². The lowest BCUT2D eigenvalue weighted by atomic mass is 9.79. The fourth-order valence-electron chi connectivity index (χ4n) is 2.78. The van der Waals surface area contributed by atoms with E-state index in [1.165, 1.54) is 0 Å². The van der Waals surface area contributed by atoms with Gasteiger partial charge in [0.2, 0.25) is 0 Å². The first-order valence-corrected chi connectivity index (χ1v) is 6.93. The van der Waals surface area contributed by atoms with Gasteiger partial charge in [-0.15, -0.1) is 0 Å². The van der Waals surface area contributed by atoms with E-state index in [2.05, 4.69) is 0 Å². The fraction of sp³-hybridized carbons (Fsp3) is 0.500. The van der Waals surface area contributed by atoms with E-state index >= 15 is 0 Å². The van der Waals surface area contributed by atoms with Crippen LogP contribution in [0.4, 0.5) is 0 Å². The zero-order chi connectivity index (χ0) is 13.7. The molecule has 0 amide bonds. The maximum Gasteiger partial charge on any atom is 0.319 e. The third kappa shape index (κ3) is 2.86. The highest BCUT2D eigenvalue weighted by Crippen LogP contribution is 2.40. The summed E-state index contributed by atoms with van der Waals surface area (Å²) in [6.07, 6.45) is 3.25. The molecule has 1 saturated carbocycles. The van der Waals surface area contributed by atoms with Crippen molar-refractivity contribution in [3.63, 3.8) is 0 Å². The van der Waals surface area contributed by atoms with E-state index in [4.69, 9.17) is 4.74 Å². The van der Waals surface area contributed by atoms with Crippen LogP contribution in [0.15, 0.2) is 30.3 Å². The molecule has 1 aromatic rings. The molecule has 0 spiro atoms. The molecule has 1 aliphatic rings. The summed E-state index contributed by atoms with van der Waals surface area (Å²) >= 11 is 0. The highest BCUT2D eigenvalue weighted by Gasteiger charge is 2.49. The third-order valence-electron chi connectivity index (χ3n) is 3.89. The van der Waals surface area contributed by atoms with E-state index in [-0.39, 0.29) is 11.8 Å². The van der Waals surface area contributed by atoms with E-state index in [1.54, 1.807) is 6.92 Å². The van der Waals surface area contributed by atoms with Crippen molar-refractivity contribution in [1.82, 2.24) is 0 Å². The van der Waals surface area contributed by atoms with Gasteiger partial charge in [0.05, 0.1) is 6.61 Å². The zero-order valence-electron chi connectivity index (χ0n) is 11.4. The second-order valence-electron chi connectivity index (χ2n) is 5.06. The zero-order valence-corrected chi connectivity index (χ0v) is 11.4. The molecule has 1 aromatic carbocycles. The number of ether oxygens (including phenoxy) is 1. The number of hydrogen-bond acceptors (Lipinski definition) is 3. The largest absolute Gasteiger partial charge is 0.465 e. The number of esters is 1. The molecule has 1 unspecified atom stereocenters. The summed E-state index contributed by atoms with van der Waals surface area (Å²) in [5.74, 6) is -0.268. The van der Waals surface area contributed by atoms with Gasteiger partial charge in [0, 0.05) is 6.42 Å². The summed E-state index contributed by atoms with van der Waals surface area (Å²) in [5, 5.41) is 0. The topological polar surface area (TPSA) is 43.4 Å². The minimum absolute atomic E-state index is 0.0573. The number of hydrogen-bond donors (Lipinski definition) is 0. The number of carbonyl (C=O) groups is 2. The Kier molecular flexibility index (Phi) is 4.35. The van der Waals surface area contributed by atoms with Gasteiger partial charge in [-0.25, -0.2) is 0 Å². The Morgan fingerprint density at radius 3 is 2.63 bits per heavy atom. The lowest BCUT2D eigenvalue weighted by Crippen LogP contribution is -2.37. The molecule has 3 heteroatoms. The molecule has 1 atom stereocenters. The van der Waals surface area contributed by atoms with Crippen molar-refractivity contribution in [2.24, 2.45) is 5.41 Å². The van der Waals surface area contributed by atoms with Gasteiger partial charge >= 0.3 is 5.97 Å². The number of rotatable bonds is 5. The molecule has 0 bridgehead atoms. The van der Waals surface area contributed by atoms with Crippen LogP contribution in [-0.2, 0) is 20.7 Å². The summed E-state index contributed by atoms with van der Waals surface area (Å²) in [6, 6.07) is 9.97. The molecule has 3 nitrogen and oxygen atoms in total. The van der Waals surface area contributed by atoms with Gasteiger partial charge < -0.3 is 4.74 Å². The summed E-state index contributed by atoms with van der Waals surface area (Å²) in [7, 11) is 0. The molecular weight excluding hydrogens is 240 g/mol. The van der Waals surface area contributed by atoms with E-state index in [0.717, 1.165) is 18.4 Å². The van der Waals surface area contributed by atoms with Gasteiger partial charge in [0.1, 0.15) is 11.2 Å². The van der Waals surface area contributed by atoms with Crippen molar-refractivity contribution in [3.05, 3.63) is 35.9 Å². The van der Waals surface area contributed by atoms with Crippen LogP contribution in [0.3, 0.4) is 0 Å². The van der Waals surface area contributed by atoms with Gasteiger partial charge in [0.15, 0.2) is 0 Å². The maximum atomic E-state index is 12.2. The molecule has 0 aromatic heterocycles. The van der Waals surface area contributed by atoms with Crippen LogP contribution in [0.25, 0.3) is 0 Å². The molecule has 0 radical (unpaired) electrons. The first kappa shape index (κ1) is 13.8. The fourth-order valence-corrected chi connectivity index (χ4v) is 2.78. The van der Waals surface area contributed by atoms with Crippen LogP contribution in [0, 0.1) is 5.41 Å².